The first-order chi connectivity index (χ1) is 18.0. The number of fused-ring (bicyclic) bond motifs is 1. The predicted octanol–water partition coefficient (Wildman–Crippen LogP) is 0.417. The van der Waals surface area contributed by atoms with E-state index in [9.17, 15) is 29.1 Å². The molecule has 0 aliphatic rings. The van der Waals surface area contributed by atoms with Gasteiger partial charge >= 0.3 is 11.9 Å². The number of para-hydroxylation sites is 1. The van der Waals surface area contributed by atoms with Crippen LogP contribution < -0.4 is 21.7 Å². The van der Waals surface area contributed by atoms with Gasteiger partial charge in [-0.15, -0.1) is 0 Å². The third kappa shape index (κ3) is 8.48. The highest BCUT2D eigenvalue weighted by atomic mass is 32.1. The summed E-state index contributed by atoms with van der Waals surface area (Å²) in [6.07, 6.45) is 1.80. The molecule has 2 aromatic rings. The number of thiol groups is 1. The van der Waals surface area contributed by atoms with Crippen molar-refractivity contribution in [1.29, 1.82) is 0 Å². The lowest BCUT2D eigenvalue weighted by atomic mass is 9.99. The summed E-state index contributed by atoms with van der Waals surface area (Å²) in [5.41, 5.74) is 7.37. The molecule has 208 valence electrons. The number of nitrogens with two attached hydrogens (primary N) is 1. The highest BCUT2D eigenvalue weighted by Crippen LogP contribution is 2.19. The molecule has 1 heterocycles. The Kier molecular flexibility index (Phi) is 11.6. The van der Waals surface area contributed by atoms with Crippen molar-refractivity contribution in [2.75, 3.05) is 5.75 Å². The fourth-order valence-corrected chi connectivity index (χ4v) is 4.08. The van der Waals surface area contributed by atoms with Crippen LogP contribution in [0.1, 0.15) is 38.7 Å². The number of H-pyrrole nitrogens is 1. The van der Waals surface area contributed by atoms with Gasteiger partial charge in [-0.3, -0.25) is 19.2 Å². The van der Waals surface area contributed by atoms with Crippen LogP contribution in [0.2, 0.25) is 0 Å². The van der Waals surface area contributed by atoms with Crippen LogP contribution >= 0.6 is 12.6 Å². The van der Waals surface area contributed by atoms with Gasteiger partial charge in [0, 0.05) is 35.7 Å². The standard InChI is InChI=1S/C25H35N5O7S/c1-3-13(2)21(25(36)37)30-24(35)19(12-38)29-23(34)18(28-22(33)16(26)8-9-20(31)32)10-14-11-27-17-7-5-4-6-15(14)17/h4-7,11,13,16,18-19,21,27,38H,3,8-10,12,26H2,1-2H3,(H,28,33)(H,29,34)(H,30,35)(H,31,32)(H,36,37). The summed E-state index contributed by atoms with van der Waals surface area (Å²) < 4.78 is 0. The smallest absolute Gasteiger partial charge is 0.326 e. The van der Waals surface area contributed by atoms with Crippen LogP contribution in [0.3, 0.4) is 0 Å². The van der Waals surface area contributed by atoms with Crippen LogP contribution in [0.15, 0.2) is 30.5 Å². The average Bonchev–Trinajstić information content (AvgIpc) is 3.30. The zero-order valence-electron chi connectivity index (χ0n) is 21.3. The second-order valence-electron chi connectivity index (χ2n) is 9.12. The molecule has 13 heteroatoms. The van der Waals surface area contributed by atoms with Gasteiger partial charge in [-0.2, -0.15) is 12.6 Å². The molecule has 5 atom stereocenters. The van der Waals surface area contributed by atoms with Crippen molar-refractivity contribution < 1.29 is 34.2 Å². The molecule has 12 nitrogen and oxygen atoms in total. The maximum Gasteiger partial charge on any atom is 0.326 e. The van der Waals surface area contributed by atoms with Crippen molar-refractivity contribution in [3.8, 4) is 0 Å². The predicted molar refractivity (Wildman–Crippen MR) is 144 cm³/mol. The van der Waals surface area contributed by atoms with Crippen LogP contribution in [-0.2, 0) is 30.4 Å². The highest BCUT2D eigenvalue weighted by molar-refractivity contribution is 7.80. The van der Waals surface area contributed by atoms with E-state index in [1.165, 1.54) is 0 Å². The van der Waals surface area contributed by atoms with Gasteiger partial charge in [-0.25, -0.2) is 4.79 Å². The van der Waals surface area contributed by atoms with E-state index < -0.39 is 53.8 Å². The molecule has 0 saturated carbocycles. The minimum atomic E-state index is -1.20. The Hall–Kier alpha value is -3.58. The van der Waals surface area contributed by atoms with E-state index >= 15 is 0 Å². The molecule has 2 rings (SSSR count). The summed E-state index contributed by atoms with van der Waals surface area (Å²) in [6, 6.07) is 2.70. The Balaban J connectivity index is 2.23. The molecule has 5 unspecified atom stereocenters. The van der Waals surface area contributed by atoms with Gasteiger partial charge in [0.2, 0.25) is 17.7 Å². The fourth-order valence-electron chi connectivity index (χ4n) is 3.82. The Morgan fingerprint density at radius 1 is 1.00 bits per heavy atom. The summed E-state index contributed by atoms with van der Waals surface area (Å²) in [6.45, 7) is 3.48. The molecule has 0 spiro atoms. The molecular formula is C25H35N5O7S. The minimum Gasteiger partial charge on any atom is -0.481 e. The normalized spacial score (nSPS) is 15.1. The Labute approximate surface area is 225 Å². The number of carboxylic acids is 2. The number of amides is 3. The van der Waals surface area contributed by atoms with Crippen molar-refractivity contribution >= 4 is 53.2 Å². The number of carbonyl (C=O) groups excluding carboxylic acids is 3. The molecule has 0 aliphatic carbocycles. The first kappa shape index (κ1) is 30.6. The van der Waals surface area contributed by atoms with Crippen LogP contribution in [0.25, 0.3) is 10.9 Å². The van der Waals surface area contributed by atoms with Crippen LogP contribution in [-0.4, -0.2) is 74.8 Å². The van der Waals surface area contributed by atoms with E-state index in [0.29, 0.717) is 6.42 Å². The first-order valence-electron chi connectivity index (χ1n) is 12.3. The Bertz CT molecular complexity index is 1150. The molecule has 0 saturated heterocycles. The Morgan fingerprint density at radius 3 is 2.24 bits per heavy atom. The highest BCUT2D eigenvalue weighted by Gasteiger charge is 2.32. The van der Waals surface area contributed by atoms with E-state index in [1.807, 2.05) is 24.3 Å². The third-order valence-electron chi connectivity index (χ3n) is 6.33. The zero-order chi connectivity index (χ0) is 28.4. The zero-order valence-corrected chi connectivity index (χ0v) is 22.2. The molecule has 1 aromatic heterocycles. The van der Waals surface area contributed by atoms with Gasteiger partial charge < -0.3 is 36.9 Å². The second kappa shape index (κ2) is 14.4. The number of aliphatic carboxylic acids is 2. The number of rotatable bonds is 15. The maximum atomic E-state index is 13.3. The summed E-state index contributed by atoms with van der Waals surface area (Å²) in [5.74, 6) is -4.95. The van der Waals surface area contributed by atoms with E-state index in [-0.39, 0.29) is 30.9 Å². The molecule has 0 radical (unpaired) electrons. The molecule has 0 aliphatic heterocycles. The van der Waals surface area contributed by atoms with Gasteiger partial charge in [0.15, 0.2) is 0 Å². The second-order valence-corrected chi connectivity index (χ2v) is 9.48. The largest absolute Gasteiger partial charge is 0.481 e. The van der Waals surface area contributed by atoms with Crippen molar-refractivity contribution in [2.45, 2.75) is 63.7 Å². The summed E-state index contributed by atoms with van der Waals surface area (Å²) >= 11 is 4.14. The lowest BCUT2D eigenvalue weighted by Gasteiger charge is -2.26. The van der Waals surface area contributed by atoms with Gasteiger partial charge in [0.25, 0.3) is 0 Å². The number of aromatic amines is 1. The summed E-state index contributed by atoms with van der Waals surface area (Å²) in [5, 5.41) is 26.7. The number of carboxylic acid groups (broad SMARTS) is 2. The topological polar surface area (TPSA) is 204 Å². The number of nitrogens with one attached hydrogen (secondary N) is 4. The van der Waals surface area contributed by atoms with Crippen molar-refractivity contribution in [3.63, 3.8) is 0 Å². The van der Waals surface area contributed by atoms with Gasteiger partial charge in [-0.05, 0) is 24.0 Å². The molecule has 0 fully saturated rings. The molecule has 3 amide bonds. The van der Waals surface area contributed by atoms with Crippen LogP contribution in [0.5, 0.6) is 0 Å². The monoisotopic (exact) mass is 549 g/mol. The van der Waals surface area contributed by atoms with Gasteiger partial charge in [0.1, 0.15) is 18.1 Å². The van der Waals surface area contributed by atoms with E-state index in [0.717, 1.165) is 16.5 Å². The summed E-state index contributed by atoms with van der Waals surface area (Å²) in [7, 11) is 0. The quantitative estimate of drug-likeness (QED) is 0.146. The number of hydrogen-bond acceptors (Lipinski definition) is 7. The summed E-state index contributed by atoms with van der Waals surface area (Å²) in [4.78, 5) is 64.4. The van der Waals surface area contributed by atoms with E-state index in [2.05, 4.69) is 33.6 Å². The van der Waals surface area contributed by atoms with E-state index in [4.69, 9.17) is 10.8 Å². The molecule has 1 aromatic carbocycles. The fraction of sp³-hybridized carbons (Fsp3) is 0.480. The Morgan fingerprint density at radius 2 is 1.63 bits per heavy atom. The first-order valence-corrected chi connectivity index (χ1v) is 12.9. The number of benzene rings is 1. The molecule has 8 N–H and O–H groups in total. The van der Waals surface area contributed by atoms with Gasteiger partial charge in [0.05, 0.1) is 6.04 Å². The van der Waals surface area contributed by atoms with E-state index in [1.54, 1.807) is 20.0 Å². The molecular weight excluding hydrogens is 514 g/mol. The SMILES string of the molecule is CCC(C)C(NC(=O)C(CS)NC(=O)C(Cc1c[nH]c2ccccc12)NC(=O)C(N)CCC(=O)O)C(=O)O. The van der Waals surface area contributed by atoms with Crippen molar-refractivity contribution in [2.24, 2.45) is 11.7 Å². The van der Waals surface area contributed by atoms with Gasteiger partial charge in [-0.1, -0.05) is 38.5 Å². The molecule has 38 heavy (non-hydrogen) atoms. The number of carbonyl (C=O) groups is 5. The number of hydrogen-bond donors (Lipinski definition) is 8. The maximum absolute atomic E-state index is 13.3. The van der Waals surface area contributed by atoms with Crippen LogP contribution in [0, 0.1) is 5.92 Å². The van der Waals surface area contributed by atoms with Crippen LogP contribution in [0.4, 0.5) is 0 Å². The third-order valence-corrected chi connectivity index (χ3v) is 6.70. The number of aromatic nitrogens is 1. The lowest BCUT2D eigenvalue weighted by molar-refractivity contribution is -0.143. The molecule has 0 bridgehead atoms. The van der Waals surface area contributed by atoms with Crippen molar-refractivity contribution in [1.82, 2.24) is 20.9 Å². The average molecular weight is 550 g/mol. The lowest BCUT2D eigenvalue weighted by Crippen LogP contribution is -2.58. The van der Waals surface area contributed by atoms with Crippen molar-refractivity contribution in [3.05, 3.63) is 36.0 Å². The minimum absolute atomic E-state index is 0.0404.